The topological polar surface area (TPSA) is 48.1 Å². The van der Waals surface area contributed by atoms with Gasteiger partial charge in [-0.1, -0.05) is 6.07 Å². The number of halogens is 2. The summed E-state index contributed by atoms with van der Waals surface area (Å²) in [4.78, 5) is 4.13. The molecule has 0 fully saturated rings. The monoisotopic (exact) mass is 310 g/mol. The van der Waals surface area contributed by atoms with Gasteiger partial charge in [-0.05, 0) is 46.6 Å². The zero-order chi connectivity index (χ0) is 13.0. The molecule has 18 heavy (non-hydrogen) atoms. The summed E-state index contributed by atoms with van der Waals surface area (Å²) in [6, 6.07) is 8.20. The molecule has 3 nitrogen and oxygen atoms in total. The van der Waals surface area contributed by atoms with Gasteiger partial charge in [-0.15, -0.1) is 0 Å². The van der Waals surface area contributed by atoms with Crippen LogP contribution in [0.2, 0.25) is 0 Å². The molecule has 2 rings (SSSR count). The number of ether oxygens (including phenoxy) is 1. The number of pyridine rings is 1. The van der Waals surface area contributed by atoms with Gasteiger partial charge in [-0.2, -0.15) is 0 Å². The van der Waals surface area contributed by atoms with E-state index in [1.54, 1.807) is 24.4 Å². The second-order valence-corrected chi connectivity index (χ2v) is 4.58. The first-order valence-corrected chi connectivity index (χ1v) is 6.26. The van der Waals surface area contributed by atoms with Gasteiger partial charge in [0.05, 0.1) is 4.47 Å². The zero-order valence-electron chi connectivity index (χ0n) is 9.57. The van der Waals surface area contributed by atoms with Crippen molar-refractivity contribution in [2.75, 3.05) is 6.54 Å². The normalized spacial score (nSPS) is 10.4. The van der Waals surface area contributed by atoms with E-state index >= 15 is 0 Å². The third kappa shape index (κ3) is 3.27. The predicted molar refractivity (Wildman–Crippen MR) is 71.2 cm³/mol. The third-order valence-corrected chi connectivity index (χ3v) is 2.99. The smallest absolute Gasteiger partial charge is 0.219 e. The standard InChI is InChI=1S/C13H12BrFN2O/c14-11-3-2-10(7-12(11)15)18-13-4-1-9(5-6-16)8-17-13/h1-4,7-8H,5-6,16H2. The number of benzene rings is 1. The van der Waals surface area contributed by atoms with Crippen LogP contribution in [-0.4, -0.2) is 11.5 Å². The van der Waals surface area contributed by atoms with Crippen LogP contribution in [0.15, 0.2) is 41.0 Å². The van der Waals surface area contributed by atoms with Gasteiger partial charge in [0, 0.05) is 18.3 Å². The number of hydrogen-bond acceptors (Lipinski definition) is 3. The minimum absolute atomic E-state index is 0.368. The lowest BCUT2D eigenvalue weighted by Crippen LogP contribution is -2.02. The Hall–Kier alpha value is -1.46. The average molecular weight is 311 g/mol. The summed E-state index contributed by atoms with van der Waals surface area (Å²) in [5.74, 6) is 0.472. The average Bonchev–Trinajstić information content (AvgIpc) is 2.37. The number of aromatic nitrogens is 1. The molecule has 5 heteroatoms. The molecule has 94 valence electrons. The van der Waals surface area contributed by atoms with Crippen molar-refractivity contribution in [3.63, 3.8) is 0 Å². The van der Waals surface area contributed by atoms with Crippen LogP contribution in [0.5, 0.6) is 11.6 Å². The molecule has 0 bridgehead atoms. The summed E-state index contributed by atoms with van der Waals surface area (Å²) in [7, 11) is 0. The highest BCUT2D eigenvalue weighted by atomic mass is 79.9. The molecule has 0 aliphatic rings. The van der Waals surface area contributed by atoms with Gasteiger partial charge in [0.15, 0.2) is 0 Å². The van der Waals surface area contributed by atoms with E-state index in [-0.39, 0.29) is 5.82 Å². The molecular weight excluding hydrogens is 299 g/mol. The van der Waals surface area contributed by atoms with Crippen molar-refractivity contribution in [1.29, 1.82) is 0 Å². The Balaban J connectivity index is 2.10. The molecule has 0 aliphatic heterocycles. The molecule has 1 aromatic heterocycles. The lowest BCUT2D eigenvalue weighted by atomic mass is 10.2. The number of nitrogens with two attached hydrogens (primary N) is 1. The Morgan fingerprint density at radius 3 is 2.72 bits per heavy atom. The quantitative estimate of drug-likeness (QED) is 0.942. The molecule has 0 amide bonds. The Labute approximate surface area is 113 Å². The van der Waals surface area contributed by atoms with E-state index in [1.165, 1.54) is 6.07 Å². The molecule has 0 saturated carbocycles. The Morgan fingerprint density at radius 2 is 2.11 bits per heavy atom. The van der Waals surface area contributed by atoms with Gasteiger partial charge in [-0.25, -0.2) is 9.37 Å². The number of nitrogens with zero attached hydrogens (tertiary/aromatic N) is 1. The van der Waals surface area contributed by atoms with Crippen LogP contribution >= 0.6 is 15.9 Å². The van der Waals surface area contributed by atoms with Crippen molar-refractivity contribution in [2.24, 2.45) is 5.73 Å². The van der Waals surface area contributed by atoms with Crippen LogP contribution in [0.25, 0.3) is 0 Å². The van der Waals surface area contributed by atoms with E-state index in [9.17, 15) is 4.39 Å². The van der Waals surface area contributed by atoms with Crippen molar-refractivity contribution in [1.82, 2.24) is 4.98 Å². The summed E-state index contributed by atoms with van der Waals surface area (Å²) in [5.41, 5.74) is 6.50. The first-order chi connectivity index (χ1) is 8.69. The van der Waals surface area contributed by atoms with E-state index in [1.807, 2.05) is 6.07 Å². The van der Waals surface area contributed by atoms with Gasteiger partial charge in [0.1, 0.15) is 11.6 Å². The van der Waals surface area contributed by atoms with Gasteiger partial charge in [0.2, 0.25) is 5.88 Å². The fraction of sp³-hybridized carbons (Fsp3) is 0.154. The van der Waals surface area contributed by atoms with Crippen LogP contribution in [0.4, 0.5) is 4.39 Å². The summed E-state index contributed by atoms with van der Waals surface area (Å²) in [5, 5.41) is 0. The van der Waals surface area contributed by atoms with Crippen LogP contribution < -0.4 is 10.5 Å². The van der Waals surface area contributed by atoms with Gasteiger partial charge in [-0.3, -0.25) is 0 Å². The molecule has 2 N–H and O–H groups in total. The highest BCUT2D eigenvalue weighted by Crippen LogP contribution is 2.24. The molecule has 1 aromatic carbocycles. The Bertz CT molecular complexity index is 531. The largest absolute Gasteiger partial charge is 0.439 e. The molecule has 0 aliphatic carbocycles. The summed E-state index contributed by atoms with van der Waals surface area (Å²) < 4.78 is 19.1. The highest BCUT2D eigenvalue weighted by Gasteiger charge is 2.03. The fourth-order valence-corrected chi connectivity index (χ4v) is 1.69. The molecule has 1 heterocycles. The zero-order valence-corrected chi connectivity index (χ0v) is 11.2. The summed E-state index contributed by atoms with van der Waals surface area (Å²) in [6.45, 7) is 0.583. The van der Waals surface area contributed by atoms with E-state index in [0.29, 0.717) is 22.6 Å². The molecule has 0 radical (unpaired) electrons. The second kappa shape index (κ2) is 5.93. The van der Waals surface area contributed by atoms with Crippen molar-refractivity contribution >= 4 is 15.9 Å². The van der Waals surface area contributed by atoms with Crippen molar-refractivity contribution < 1.29 is 9.13 Å². The summed E-state index contributed by atoms with van der Waals surface area (Å²) >= 11 is 3.08. The number of hydrogen-bond donors (Lipinski definition) is 1. The maximum Gasteiger partial charge on any atom is 0.219 e. The molecule has 2 aromatic rings. The molecule has 0 spiro atoms. The van der Waals surface area contributed by atoms with Crippen LogP contribution in [0, 0.1) is 5.82 Å². The highest BCUT2D eigenvalue weighted by molar-refractivity contribution is 9.10. The van der Waals surface area contributed by atoms with E-state index < -0.39 is 0 Å². The van der Waals surface area contributed by atoms with E-state index in [2.05, 4.69) is 20.9 Å². The van der Waals surface area contributed by atoms with Crippen LogP contribution in [0.3, 0.4) is 0 Å². The maximum atomic E-state index is 13.3. The van der Waals surface area contributed by atoms with Gasteiger partial charge >= 0.3 is 0 Å². The first-order valence-electron chi connectivity index (χ1n) is 5.47. The summed E-state index contributed by atoms with van der Waals surface area (Å²) in [6.07, 6.45) is 2.48. The van der Waals surface area contributed by atoms with Crippen molar-refractivity contribution in [3.8, 4) is 11.6 Å². The lowest BCUT2D eigenvalue weighted by molar-refractivity contribution is 0.457. The third-order valence-electron chi connectivity index (χ3n) is 2.34. The van der Waals surface area contributed by atoms with E-state index in [0.717, 1.165) is 12.0 Å². The van der Waals surface area contributed by atoms with Gasteiger partial charge in [0.25, 0.3) is 0 Å². The minimum Gasteiger partial charge on any atom is -0.439 e. The van der Waals surface area contributed by atoms with Crippen LogP contribution in [-0.2, 0) is 6.42 Å². The lowest BCUT2D eigenvalue weighted by Gasteiger charge is -2.06. The molecule has 0 unspecified atom stereocenters. The molecule has 0 saturated heterocycles. The molecular formula is C13H12BrFN2O. The van der Waals surface area contributed by atoms with Gasteiger partial charge < -0.3 is 10.5 Å². The molecule has 0 atom stereocenters. The number of rotatable bonds is 4. The van der Waals surface area contributed by atoms with Crippen molar-refractivity contribution in [3.05, 3.63) is 52.4 Å². The second-order valence-electron chi connectivity index (χ2n) is 3.72. The van der Waals surface area contributed by atoms with Crippen LogP contribution in [0.1, 0.15) is 5.56 Å². The fourth-order valence-electron chi connectivity index (χ4n) is 1.45. The first kappa shape index (κ1) is 13.0. The Morgan fingerprint density at radius 1 is 1.28 bits per heavy atom. The van der Waals surface area contributed by atoms with E-state index in [4.69, 9.17) is 10.5 Å². The maximum absolute atomic E-state index is 13.3. The predicted octanol–water partition coefficient (Wildman–Crippen LogP) is 3.28. The van der Waals surface area contributed by atoms with Crippen molar-refractivity contribution in [2.45, 2.75) is 6.42 Å². The minimum atomic E-state index is -0.368. The Kier molecular flexibility index (Phi) is 4.28. The SMILES string of the molecule is NCCc1ccc(Oc2ccc(Br)c(F)c2)nc1.